The molecule has 0 bridgehead atoms. The minimum absolute atomic E-state index is 0.00152. The molecular formula is C16H26N2O3. The van der Waals surface area contributed by atoms with E-state index in [0.29, 0.717) is 17.8 Å². The van der Waals surface area contributed by atoms with Gasteiger partial charge in [-0.1, -0.05) is 32.9 Å². The highest BCUT2D eigenvalue weighted by molar-refractivity contribution is 5.91. The fraction of sp³-hybridized carbons (Fsp3) is 0.562. The van der Waals surface area contributed by atoms with Gasteiger partial charge in [0.25, 0.3) is 0 Å². The van der Waals surface area contributed by atoms with Crippen molar-refractivity contribution in [1.29, 1.82) is 0 Å². The minimum atomic E-state index is -0.534. The number of nitrogens with zero attached hydrogens (tertiary/aromatic N) is 1. The number of carbonyl (C=O) groups is 1. The number of benzene rings is 1. The van der Waals surface area contributed by atoms with Crippen LogP contribution in [0.15, 0.2) is 18.2 Å². The Kier molecular flexibility index (Phi) is 6.65. The molecule has 5 nitrogen and oxygen atoms in total. The average molecular weight is 294 g/mol. The van der Waals surface area contributed by atoms with E-state index in [1.54, 1.807) is 6.07 Å². The van der Waals surface area contributed by atoms with Gasteiger partial charge >= 0.3 is 6.03 Å². The lowest BCUT2D eigenvalue weighted by atomic mass is 9.85. The second-order valence-electron chi connectivity index (χ2n) is 5.53. The van der Waals surface area contributed by atoms with Crippen molar-refractivity contribution in [2.75, 3.05) is 18.1 Å². The van der Waals surface area contributed by atoms with Crippen molar-refractivity contribution in [3.63, 3.8) is 0 Å². The third-order valence-electron chi connectivity index (χ3n) is 3.75. The molecule has 0 fully saturated rings. The van der Waals surface area contributed by atoms with Gasteiger partial charge in [0.05, 0.1) is 18.9 Å². The first-order chi connectivity index (χ1) is 9.97. The van der Waals surface area contributed by atoms with Crippen LogP contribution in [0.5, 0.6) is 0 Å². The molecule has 0 aromatic heterocycles. The molecule has 0 heterocycles. The third-order valence-corrected chi connectivity index (χ3v) is 3.75. The van der Waals surface area contributed by atoms with Crippen LogP contribution in [0.3, 0.4) is 0 Å². The molecule has 0 aliphatic heterocycles. The Hall–Kier alpha value is -1.59. The number of anilines is 1. The predicted molar refractivity (Wildman–Crippen MR) is 84.3 cm³/mol. The fourth-order valence-corrected chi connectivity index (χ4v) is 2.61. The van der Waals surface area contributed by atoms with Gasteiger partial charge in [-0.15, -0.1) is 0 Å². The molecule has 1 rings (SSSR count). The summed E-state index contributed by atoms with van der Waals surface area (Å²) in [7, 11) is 0. The molecule has 1 unspecified atom stereocenters. The molecule has 2 amide bonds. The zero-order valence-electron chi connectivity index (χ0n) is 13.0. The van der Waals surface area contributed by atoms with Crippen LogP contribution in [0.4, 0.5) is 10.5 Å². The molecule has 1 aromatic carbocycles. The predicted octanol–water partition coefficient (Wildman–Crippen LogP) is 2.21. The summed E-state index contributed by atoms with van der Waals surface area (Å²) in [6, 6.07) is 4.97. The van der Waals surface area contributed by atoms with Crippen LogP contribution in [-0.4, -0.2) is 29.4 Å². The van der Waals surface area contributed by atoms with Gasteiger partial charge in [-0.3, -0.25) is 4.90 Å². The van der Waals surface area contributed by atoms with Gasteiger partial charge in [-0.05, 0) is 24.0 Å². The van der Waals surface area contributed by atoms with Crippen molar-refractivity contribution >= 4 is 11.7 Å². The quantitative estimate of drug-likeness (QED) is 0.720. The van der Waals surface area contributed by atoms with E-state index in [0.717, 1.165) is 12.0 Å². The maximum Gasteiger partial charge on any atom is 0.319 e. The molecule has 5 heteroatoms. The highest BCUT2D eigenvalue weighted by atomic mass is 16.3. The van der Waals surface area contributed by atoms with Gasteiger partial charge in [0.1, 0.15) is 0 Å². The van der Waals surface area contributed by atoms with Crippen LogP contribution in [0.1, 0.15) is 44.2 Å². The number of amides is 2. The molecule has 0 radical (unpaired) electrons. The van der Waals surface area contributed by atoms with E-state index in [4.69, 9.17) is 5.73 Å². The maximum absolute atomic E-state index is 11.7. The second kappa shape index (κ2) is 8.00. The Morgan fingerprint density at radius 3 is 2.43 bits per heavy atom. The summed E-state index contributed by atoms with van der Waals surface area (Å²) in [5.74, 6) is 0.146. The SMILES string of the molecule is CCCN(C(N)=O)c1cccc(C(CO)C(C)C)c1CO. The summed E-state index contributed by atoms with van der Waals surface area (Å²) in [5, 5.41) is 19.4. The molecule has 1 atom stereocenters. The van der Waals surface area contributed by atoms with Crippen molar-refractivity contribution < 1.29 is 15.0 Å². The summed E-state index contributed by atoms with van der Waals surface area (Å²) >= 11 is 0. The summed E-state index contributed by atoms with van der Waals surface area (Å²) in [4.78, 5) is 13.1. The summed E-state index contributed by atoms with van der Waals surface area (Å²) in [5.41, 5.74) is 7.62. The molecule has 0 saturated carbocycles. The van der Waals surface area contributed by atoms with E-state index in [1.807, 2.05) is 32.9 Å². The standard InChI is InChI=1S/C16H26N2O3/c1-4-8-18(16(17)21)15-7-5-6-12(14(15)10-20)13(9-19)11(2)3/h5-7,11,13,19-20H,4,8-10H2,1-3H3,(H2,17,21). The van der Waals surface area contributed by atoms with Crippen molar-refractivity contribution in [3.05, 3.63) is 29.3 Å². The van der Waals surface area contributed by atoms with E-state index in [1.165, 1.54) is 4.90 Å². The lowest BCUT2D eigenvalue weighted by Gasteiger charge is -2.27. The second-order valence-corrected chi connectivity index (χ2v) is 5.53. The monoisotopic (exact) mass is 294 g/mol. The minimum Gasteiger partial charge on any atom is -0.396 e. The molecular weight excluding hydrogens is 268 g/mol. The number of aliphatic hydroxyl groups excluding tert-OH is 2. The molecule has 21 heavy (non-hydrogen) atoms. The number of urea groups is 1. The molecule has 0 aliphatic rings. The highest BCUT2D eigenvalue weighted by Gasteiger charge is 2.23. The smallest absolute Gasteiger partial charge is 0.319 e. The average Bonchev–Trinajstić information content (AvgIpc) is 2.44. The summed E-state index contributed by atoms with van der Waals surface area (Å²) in [6.07, 6.45) is 0.769. The number of hydrogen-bond donors (Lipinski definition) is 3. The fourth-order valence-electron chi connectivity index (χ4n) is 2.61. The molecule has 0 aliphatic carbocycles. The van der Waals surface area contributed by atoms with Crippen molar-refractivity contribution in [2.45, 2.75) is 39.7 Å². The Morgan fingerprint density at radius 2 is 2.00 bits per heavy atom. The van der Waals surface area contributed by atoms with E-state index >= 15 is 0 Å². The number of aliphatic hydroxyl groups is 2. The number of hydrogen-bond acceptors (Lipinski definition) is 3. The zero-order valence-corrected chi connectivity index (χ0v) is 13.0. The van der Waals surface area contributed by atoms with Gasteiger partial charge < -0.3 is 15.9 Å². The number of rotatable bonds is 7. The lowest BCUT2D eigenvalue weighted by molar-refractivity contribution is 0.232. The Bertz CT molecular complexity index is 475. The maximum atomic E-state index is 11.7. The highest BCUT2D eigenvalue weighted by Crippen LogP contribution is 2.33. The van der Waals surface area contributed by atoms with Gasteiger partial charge in [0, 0.05) is 18.0 Å². The molecule has 0 saturated heterocycles. The van der Waals surface area contributed by atoms with Gasteiger partial charge in [-0.25, -0.2) is 4.79 Å². The molecule has 4 N–H and O–H groups in total. The van der Waals surface area contributed by atoms with Crippen molar-refractivity contribution in [2.24, 2.45) is 11.7 Å². The zero-order chi connectivity index (χ0) is 16.0. The van der Waals surface area contributed by atoms with E-state index in [2.05, 4.69) is 0 Å². The Morgan fingerprint density at radius 1 is 1.33 bits per heavy atom. The van der Waals surface area contributed by atoms with Crippen LogP contribution in [0.2, 0.25) is 0 Å². The van der Waals surface area contributed by atoms with E-state index in [9.17, 15) is 15.0 Å². The molecule has 1 aromatic rings. The van der Waals surface area contributed by atoms with Crippen LogP contribution in [0.25, 0.3) is 0 Å². The third kappa shape index (κ3) is 3.95. The first-order valence-corrected chi connectivity index (χ1v) is 7.38. The lowest BCUT2D eigenvalue weighted by Crippen LogP contribution is -2.37. The van der Waals surface area contributed by atoms with Gasteiger partial charge in [0.15, 0.2) is 0 Å². The Labute approximate surface area is 126 Å². The number of primary amides is 1. The molecule has 118 valence electrons. The van der Waals surface area contributed by atoms with Gasteiger partial charge in [-0.2, -0.15) is 0 Å². The van der Waals surface area contributed by atoms with Crippen LogP contribution >= 0.6 is 0 Å². The molecule has 0 spiro atoms. The van der Waals surface area contributed by atoms with Crippen LogP contribution in [0, 0.1) is 5.92 Å². The van der Waals surface area contributed by atoms with Crippen molar-refractivity contribution in [1.82, 2.24) is 0 Å². The normalized spacial score (nSPS) is 12.5. The van der Waals surface area contributed by atoms with E-state index < -0.39 is 6.03 Å². The first kappa shape index (κ1) is 17.5. The van der Waals surface area contributed by atoms with Crippen LogP contribution < -0.4 is 10.6 Å². The van der Waals surface area contributed by atoms with Gasteiger partial charge in [0.2, 0.25) is 0 Å². The summed E-state index contributed by atoms with van der Waals surface area (Å²) in [6.45, 7) is 6.31. The summed E-state index contributed by atoms with van der Waals surface area (Å²) < 4.78 is 0. The number of carbonyl (C=O) groups excluding carboxylic acids is 1. The van der Waals surface area contributed by atoms with Crippen molar-refractivity contribution in [3.8, 4) is 0 Å². The number of nitrogens with two attached hydrogens (primary N) is 1. The van der Waals surface area contributed by atoms with Crippen LogP contribution in [-0.2, 0) is 6.61 Å². The Balaban J connectivity index is 3.37. The topological polar surface area (TPSA) is 86.8 Å². The first-order valence-electron chi connectivity index (χ1n) is 7.38. The largest absolute Gasteiger partial charge is 0.396 e. The van der Waals surface area contributed by atoms with E-state index in [-0.39, 0.29) is 25.0 Å².